The molecular formula is C43H51N3O3. The van der Waals surface area contributed by atoms with Gasteiger partial charge in [0.05, 0.1) is 17.3 Å². The SMILES string of the molecule is CCC(CCn1cc(C(=O)c2cccc(NCc3ccc(CC(C)C)cc3)c2NCc2ccc(CC(C)C)cc2)c2ccccc21)C(=O)O. The minimum absolute atomic E-state index is 0.0725. The summed E-state index contributed by atoms with van der Waals surface area (Å²) in [6, 6.07) is 31.2. The fourth-order valence-corrected chi connectivity index (χ4v) is 6.55. The Balaban J connectivity index is 1.46. The smallest absolute Gasteiger partial charge is 0.306 e. The largest absolute Gasteiger partial charge is 0.481 e. The molecule has 0 aliphatic heterocycles. The van der Waals surface area contributed by atoms with E-state index in [4.69, 9.17) is 0 Å². The molecule has 49 heavy (non-hydrogen) atoms. The Labute approximate surface area is 291 Å². The average Bonchev–Trinajstić information content (AvgIpc) is 3.45. The van der Waals surface area contributed by atoms with E-state index in [1.807, 2.05) is 60.2 Å². The Morgan fingerprint density at radius 3 is 1.84 bits per heavy atom. The Morgan fingerprint density at radius 2 is 1.27 bits per heavy atom. The number of fused-ring (bicyclic) bond motifs is 1. The number of anilines is 2. The van der Waals surface area contributed by atoms with Crippen LogP contribution in [0.2, 0.25) is 0 Å². The zero-order chi connectivity index (χ0) is 34.9. The molecule has 5 aromatic rings. The van der Waals surface area contributed by atoms with Gasteiger partial charge in [0.25, 0.3) is 0 Å². The topological polar surface area (TPSA) is 83.4 Å². The number of benzene rings is 4. The third-order valence-corrected chi connectivity index (χ3v) is 9.19. The monoisotopic (exact) mass is 657 g/mol. The van der Waals surface area contributed by atoms with E-state index in [1.54, 1.807) is 0 Å². The van der Waals surface area contributed by atoms with E-state index < -0.39 is 11.9 Å². The Hall–Kier alpha value is -4.84. The van der Waals surface area contributed by atoms with Crippen LogP contribution in [0.15, 0.2) is 97.2 Å². The first-order valence-corrected chi connectivity index (χ1v) is 17.7. The number of para-hydroxylation sites is 2. The second kappa shape index (κ2) is 16.5. The van der Waals surface area contributed by atoms with Crippen molar-refractivity contribution < 1.29 is 14.7 Å². The molecule has 4 aromatic carbocycles. The third-order valence-electron chi connectivity index (χ3n) is 9.19. The van der Waals surface area contributed by atoms with E-state index in [0.29, 0.717) is 55.4 Å². The van der Waals surface area contributed by atoms with Gasteiger partial charge in [-0.2, -0.15) is 0 Å². The molecule has 0 aliphatic carbocycles. The molecule has 256 valence electrons. The highest BCUT2D eigenvalue weighted by atomic mass is 16.4. The minimum atomic E-state index is -0.781. The van der Waals surface area contributed by atoms with Gasteiger partial charge < -0.3 is 20.3 Å². The van der Waals surface area contributed by atoms with Crippen molar-refractivity contribution in [1.82, 2.24) is 4.57 Å². The molecule has 0 radical (unpaired) electrons. The summed E-state index contributed by atoms with van der Waals surface area (Å²) in [5.41, 5.74) is 8.73. The number of carboxylic acid groups (broad SMARTS) is 1. The first-order chi connectivity index (χ1) is 23.6. The molecule has 0 amide bonds. The maximum absolute atomic E-state index is 14.5. The fourth-order valence-electron chi connectivity index (χ4n) is 6.55. The molecule has 0 aliphatic rings. The van der Waals surface area contributed by atoms with E-state index in [2.05, 4.69) is 86.9 Å². The highest BCUT2D eigenvalue weighted by Gasteiger charge is 2.22. The lowest BCUT2D eigenvalue weighted by Crippen LogP contribution is -2.15. The van der Waals surface area contributed by atoms with E-state index in [9.17, 15) is 14.7 Å². The summed E-state index contributed by atoms with van der Waals surface area (Å²) >= 11 is 0. The summed E-state index contributed by atoms with van der Waals surface area (Å²) < 4.78 is 2.03. The molecule has 5 rings (SSSR count). The highest BCUT2D eigenvalue weighted by molar-refractivity contribution is 6.19. The van der Waals surface area contributed by atoms with Crippen molar-refractivity contribution in [2.45, 2.75) is 79.9 Å². The molecule has 1 atom stereocenters. The van der Waals surface area contributed by atoms with Gasteiger partial charge in [-0.25, -0.2) is 0 Å². The summed E-state index contributed by atoms with van der Waals surface area (Å²) in [7, 11) is 0. The molecule has 3 N–H and O–H groups in total. The number of rotatable bonds is 17. The quantitative estimate of drug-likeness (QED) is 0.0867. The first-order valence-electron chi connectivity index (χ1n) is 17.7. The number of carbonyl (C=O) groups excluding carboxylic acids is 1. The molecule has 1 unspecified atom stereocenters. The lowest BCUT2D eigenvalue weighted by atomic mass is 9.99. The van der Waals surface area contributed by atoms with E-state index in [1.165, 1.54) is 16.7 Å². The zero-order valence-corrected chi connectivity index (χ0v) is 29.6. The van der Waals surface area contributed by atoms with Gasteiger partial charge in [0.2, 0.25) is 0 Å². The number of hydrogen-bond acceptors (Lipinski definition) is 4. The molecule has 0 spiro atoms. The summed E-state index contributed by atoms with van der Waals surface area (Å²) in [5, 5.41) is 17.7. The van der Waals surface area contributed by atoms with Crippen LogP contribution in [-0.4, -0.2) is 21.4 Å². The van der Waals surface area contributed by atoms with Crippen molar-refractivity contribution in [2.75, 3.05) is 10.6 Å². The normalized spacial score (nSPS) is 12.1. The standard InChI is InChI=1S/C43H51N3O3/c1-6-35(43(48)49)22-23-46-28-38(36-10-7-8-13-40(36)46)42(47)37-11-9-12-39(44-26-33-18-14-31(15-19-33)24-29(2)3)41(37)45-27-34-20-16-32(17-21-34)25-30(4)5/h7-21,28-30,35,44-45H,6,22-27H2,1-5H3,(H,48,49). The zero-order valence-electron chi connectivity index (χ0n) is 29.6. The minimum Gasteiger partial charge on any atom is -0.481 e. The van der Waals surface area contributed by atoms with Crippen molar-refractivity contribution in [1.29, 1.82) is 0 Å². The van der Waals surface area contributed by atoms with Crippen molar-refractivity contribution in [3.8, 4) is 0 Å². The number of aliphatic carboxylic acids is 1. The van der Waals surface area contributed by atoms with Crippen LogP contribution in [0.5, 0.6) is 0 Å². The molecule has 6 nitrogen and oxygen atoms in total. The number of hydrogen-bond donors (Lipinski definition) is 3. The number of carboxylic acids is 1. The van der Waals surface area contributed by atoms with Gasteiger partial charge >= 0.3 is 5.97 Å². The maximum atomic E-state index is 14.5. The Kier molecular flexibility index (Phi) is 12.0. The van der Waals surface area contributed by atoms with Crippen molar-refractivity contribution in [2.24, 2.45) is 17.8 Å². The molecular weight excluding hydrogens is 606 g/mol. The van der Waals surface area contributed by atoms with Crippen LogP contribution in [0.4, 0.5) is 11.4 Å². The fraction of sp³-hybridized carbons (Fsp3) is 0.349. The van der Waals surface area contributed by atoms with Crippen LogP contribution < -0.4 is 10.6 Å². The number of nitrogens with one attached hydrogen (secondary N) is 2. The lowest BCUT2D eigenvalue weighted by Gasteiger charge is -2.18. The van der Waals surface area contributed by atoms with Gasteiger partial charge in [-0.05, 0) is 78.0 Å². The average molecular weight is 658 g/mol. The summed E-state index contributed by atoms with van der Waals surface area (Å²) in [6.45, 7) is 12.5. The molecule has 0 saturated heterocycles. The van der Waals surface area contributed by atoms with Crippen molar-refractivity contribution in [3.05, 3.63) is 131 Å². The van der Waals surface area contributed by atoms with Gasteiger partial charge in [0.15, 0.2) is 5.78 Å². The van der Waals surface area contributed by atoms with Crippen LogP contribution >= 0.6 is 0 Å². The van der Waals surface area contributed by atoms with Crippen LogP contribution in [0.25, 0.3) is 10.9 Å². The van der Waals surface area contributed by atoms with E-state index in [-0.39, 0.29) is 5.78 Å². The van der Waals surface area contributed by atoms with Crippen LogP contribution in [-0.2, 0) is 37.3 Å². The first kappa shape index (κ1) is 35.5. The van der Waals surface area contributed by atoms with Crippen LogP contribution in [0.1, 0.15) is 85.6 Å². The molecule has 1 heterocycles. The number of ketones is 1. The Morgan fingerprint density at radius 1 is 0.694 bits per heavy atom. The summed E-state index contributed by atoms with van der Waals surface area (Å²) in [6.07, 6.45) is 5.06. The molecule has 1 aromatic heterocycles. The van der Waals surface area contributed by atoms with Crippen LogP contribution in [0, 0.1) is 17.8 Å². The number of nitrogens with zero attached hydrogens (tertiary/aromatic N) is 1. The number of aryl methyl sites for hydroxylation is 1. The lowest BCUT2D eigenvalue weighted by molar-refractivity contribution is -0.142. The molecule has 0 saturated carbocycles. The van der Waals surface area contributed by atoms with Gasteiger partial charge in [-0.15, -0.1) is 0 Å². The van der Waals surface area contributed by atoms with Crippen molar-refractivity contribution >= 4 is 34.0 Å². The Bertz CT molecular complexity index is 1850. The van der Waals surface area contributed by atoms with Crippen LogP contribution in [0.3, 0.4) is 0 Å². The molecule has 0 bridgehead atoms. The van der Waals surface area contributed by atoms with E-state index in [0.717, 1.165) is 40.7 Å². The van der Waals surface area contributed by atoms with Gasteiger partial charge in [0, 0.05) is 47.9 Å². The molecule has 6 heteroatoms. The second-order valence-electron chi connectivity index (χ2n) is 14.1. The third kappa shape index (κ3) is 9.20. The number of carbonyl (C=O) groups is 2. The predicted molar refractivity (Wildman–Crippen MR) is 202 cm³/mol. The second-order valence-corrected chi connectivity index (χ2v) is 14.1. The summed E-state index contributed by atoms with van der Waals surface area (Å²) in [4.78, 5) is 26.3. The van der Waals surface area contributed by atoms with Gasteiger partial charge in [-0.1, -0.05) is 107 Å². The van der Waals surface area contributed by atoms with Gasteiger partial charge in [0.1, 0.15) is 0 Å². The maximum Gasteiger partial charge on any atom is 0.306 e. The van der Waals surface area contributed by atoms with Gasteiger partial charge in [-0.3, -0.25) is 9.59 Å². The van der Waals surface area contributed by atoms with E-state index >= 15 is 0 Å². The highest BCUT2D eigenvalue weighted by Crippen LogP contribution is 2.32. The van der Waals surface area contributed by atoms with Crippen molar-refractivity contribution in [3.63, 3.8) is 0 Å². The molecule has 0 fully saturated rings. The number of aromatic nitrogens is 1. The predicted octanol–water partition coefficient (Wildman–Crippen LogP) is 9.99. The summed E-state index contributed by atoms with van der Waals surface area (Å²) in [5.74, 6) is -0.0767.